The van der Waals surface area contributed by atoms with Gasteiger partial charge in [0.25, 0.3) is 0 Å². The van der Waals surface area contributed by atoms with Crippen LogP contribution in [0.25, 0.3) is 21.9 Å². The van der Waals surface area contributed by atoms with E-state index < -0.39 is 7.14 Å². The van der Waals surface area contributed by atoms with E-state index in [1.54, 1.807) is 0 Å². The van der Waals surface area contributed by atoms with Crippen LogP contribution < -0.4 is 15.9 Å². The molecule has 0 aliphatic rings. The van der Waals surface area contributed by atoms with E-state index >= 15 is 4.57 Å². The van der Waals surface area contributed by atoms with Gasteiger partial charge in [-0.15, -0.1) is 0 Å². The summed E-state index contributed by atoms with van der Waals surface area (Å²) < 4.78 is 15.4. The molecule has 1 nitrogen and oxygen atoms in total. The molecule has 0 saturated carbocycles. The molecule has 2 heteroatoms. The molecule has 0 aromatic heterocycles. The van der Waals surface area contributed by atoms with Crippen LogP contribution in [0.4, 0.5) is 0 Å². The van der Waals surface area contributed by atoms with E-state index in [2.05, 4.69) is 56.3 Å². The predicted octanol–water partition coefficient (Wildman–Crippen LogP) is 6.76. The zero-order chi connectivity index (χ0) is 22.1. The summed E-state index contributed by atoms with van der Waals surface area (Å²) in [5, 5.41) is 4.76. The Kier molecular flexibility index (Phi) is 5.29. The molecule has 0 spiro atoms. The molecule has 0 aliphatic heterocycles. The molecule has 0 radical (unpaired) electrons. The van der Waals surface area contributed by atoms with Crippen molar-refractivity contribution >= 4 is 33.8 Å². The van der Waals surface area contributed by atoms with E-state index in [0.717, 1.165) is 37.8 Å². The third-order valence-corrected chi connectivity index (χ3v) is 9.44. The van der Waals surface area contributed by atoms with Gasteiger partial charge in [0.1, 0.15) is 0 Å². The van der Waals surface area contributed by atoms with Crippen molar-refractivity contribution < 1.29 is 4.57 Å². The molecule has 5 aromatic rings. The van der Waals surface area contributed by atoms with Crippen LogP contribution in [0.3, 0.4) is 0 Å². The van der Waals surface area contributed by atoms with Crippen molar-refractivity contribution in [2.24, 2.45) is 0 Å². The van der Waals surface area contributed by atoms with Crippen LogP contribution in [0.5, 0.6) is 0 Å². The highest BCUT2D eigenvalue weighted by molar-refractivity contribution is 7.86. The largest absolute Gasteiger partial charge is 0.309 e. The Balaban J connectivity index is 1.94. The van der Waals surface area contributed by atoms with Crippen LogP contribution in [0.1, 0.15) is 11.1 Å². The lowest BCUT2D eigenvalue weighted by molar-refractivity contribution is 0.592. The summed E-state index contributed by atoms with van der Waals surface area (Å²) in [6.45, 7) is 4.26. The molecule has 5 rings (SSSR count). The monoisotopic (exact) mass is 432 g/mol. The van der Waals surface area contributed by atoms with Gasteiger partial charge in [-0.2, -0.15) is 0 Å². The molecule has 0 heterocycles. The molecule has 0 amide bonds. The molecule has 0 unspecified atom stereocenters. The Morgan fingerprint density at radius 3 is 1.78 bits per heavy atom. The number of hydrogen-bond donors (Lipinski definition) is 0. The van der Waals surface area contributed by atoms with Gasteiger partial charge >= 0.3 is 0 Å². The van der Waals surface area contributed by atoms with Crippen molar-refractivity contribution in [1.82, 2.24) is 0 Å². The molecule has 32 heavy (non-hydrogen) atoms. The van der Waals surface area contributed by atoms with Gasteiger partial charge in [0, 0.05) is 15.9 Å². The normalized spacial score (nSPS) is 11.6. The minimum absolute atomic E-state index is 0.854. The van der Waals surface area contributed by atoms with E-state index in [0.29, 0.717) is 0 Å². The zero-order valence-electron chi connectivity index (χ0n) is 18.3. The van der Waals surface area contributed by atoms with Crippen molar-refractivity contribution in [2.45, 2.75) is 13.8 Å². The van der Waals surface area contributed by atoms with Crippen molar-refractivity contribution in [1.29, 1.82) is 0 Å². The molecule has 0 aliphatic carbocycles. The zero-order valence-corrected chi connectivity index (χ0v) is 19.2. The third-order valence-electron chi connectivity index (χ3n) is 6.27. The lowest BCUT2D eigenvalue weighted by Crippen LogP contribution is -2.27. The van der Waals surface area contributed by atoms with Crippen molar-refractivity contribution in [2.75, 3.05) is 0 Å². The lowest BCUT2D eigenvalue weighted by atomic mass is 9.98. The maximum atomic E-state index is 15.4. The molecule has 0 atom stereocenters. The van der Waals surface area contributed by atoms with E-state index in [9.17, 15) is 0 Å². The lowest BCUT2D eigenvalue weighted by Gasteiger charge is -2.25. The molecular formula is C30H25OP. The standard InChI is InChI=1S/C30H25OP/c1-22-17-18-25(21-23(22)2)29-20-19-24-11-9-10-16-28(24)30(29)32(31,26-12-5-3-6-13-26)27-14-7-4-8-15-27/h3-21H,1-2H3. The summed E-state index contributed by atoms with van der Waals surface area (Å²) in [6.07, 6.45) is 0. The van der Waals surface area contributed by atoms with Gasteiger partial charge < -0.3 is 4.57 Å². The van der Waals surface area contributed by atoms with Crippen LogP contribution in [0.15, 0.2) is 115 Å². The van der Waals surface area contributed by atoms with Gasteiger partial charge in [-0.25, -0.2) is 0 Å². The summed E-state index contributed by atoms with van der Waals surface area (Å²) >= 11 is 0. The maximum Gasteiger partial charge on any atom is 0.172 e. The van der Waals surface area contributed by atoms with Gasteiger partial charge in [-0.05, 0) is 46.9 Å². The Labute approximate surface area is 189 Å². The summed E-state index contributed by atoms with van der Waals surface area (Å²) in [4.78, 5) is 0. The second kappa shape index (κ2) is 8.26. The van der Waals surface area contributed by atoms with Crippen LogP contribution in [-0.4, -0.2) is 0 Å². The van der Waals surface area contributed by atoms with E-state index in [-0.39, 0.29) is 0 Å². The fourth-order valence-electron chi connectivity index (χ4n) is 4.42. The number of fused-ring (bicyclic) bond motifs is 1. The summed E-state index contributed by atoms with van der Waals surface area (Å²) in [7, 11) is -3.15. The van der Waals surface area contributed by atoms with Crippen LogP contribution in [0.2, 0.25) is 0 Å². The first-order valence-corrected chi connectivity index (χ1v) is 12.6. The summed E-state index contributed by atoms with van der Waals surface area (Å²) in [5.41, 5.74) is 4.62. The second-order valence-corrected chi connectivity index (χ2v) is 11.0. The van der Waals surface area contributed by atoms with Crippen molar-refractivity contribution in [3.8, 4) is 11.1 Å². The molecule has 0 saturated heterocycles. The number of rotatable bonds is 4. The molecule has 0 fully saturated rings. The van der Waals surface area contributed by atoms with E-state index in [1.165, 1.54) is 11.1 Å². The SMILES string of the molecule is Cc1ccc(-c2ccc3ccccc3c2P(=O)(c2ccccc2)c2ccccc2)cc1C. The highest BCUT2D eigenvalue weighted by Gasteiger charge is 2.33. The van der Waals surface area contributed by atoms with Crippen molar-refractivity contribution in [3.05, 3.63) is 126 Å². The second-order valence-electron chi connectivity index (χ2n) is 8.26. The fraction of sp³-hybridized carbons (Fsp3) is 0.0667. The van der Waals surface area contributed by atoms with Gasteiger partial charge in [0.05, 0.1) is 0 Å². The molecule has 0 N–H and O–H groups in total. The molecule has 156 valence electrons. The van der Waals surface area contributed by atoms with Gasteiger partial charge in [0.2, 0.25) is 0 Å². The minimum Gasteiger partial charge on any atom is -0.309 e. The third kappa shape index (κ3) is 3.40. The maximum absolute atomic E-state index is 15.4. The number of hydrogen-bond acceptors (Lipinski definition) is 1. The highest BCUT2D eigenvalue weighted by Crippen LogP contribution is 2.47. The fourth-order valence-corrected chi connectivity index (χ4v) is 7.50. The summed E-state index contributed by atoms with van der Waals surface area (Å²) in [5.74, 6) is 0. The quantitative estimate of drug-likeness (QED) is 0.287. The predicted molar refractivity (Wildman–Crippen MR) is 138 cm³/mol. The van der Waals surface area contributed by atoms with Crippen molar-refractivity contribution in [3.63, 3.8) is 0 Å². The van der Waals surface area contributed by atoms with Crippen LogP contribution in [0, 0.1) is 13.8 Å². The Morgan fingerprint density at radius 2 is 1.16 bits per heavy atom. The van der Waals surface area contributed by atoms with E-state index in [4.69, 9.17) is 0 Å². The van der Waals surface area contributed by atoms with E-state index in [1.807, 2.05) is 72.8 Å². The Hall–Kier alpha value is -3.41. The average molecular weight is 433 g/mol. The van der Waals surface area contributed by atoms with Crippen LogP contribution in [-0.2, 0) is 4.57 Å². The Bertz CT molecular complexity index is 1410. The first-order valence-electron chi connectivity index (χ1n) is 10.9. The smallest absolute Gasteiger partial charge is 0.172 e. The first-order chi connectivity index (χ1) is 15.6. The highest BCUT2D eigenvalue weighted by atomic mass is 31.2. The molecule has 0 bridgehead atoms. The molecule has 5 aromatic carbocycles. The van der Waals surface area contributed by atoms with Gasteiger partial charge in [0.15, 0.2) is 7.14 Å². The number of aryl methyl sites for hydroxylation is 2. The Morgan fingerprint density at radius 1 is 0.562 bits per heavy atom. The summed E-state index contributed by atoms with van der Waals surface area (Å²) in [6, 6.07) is 38.9. The molecular weight excluding hydrogens is 407 g/mol. The van der Waals surface area contributed by atoms with Gasteiger partial charge in [-0.3, -0.25) is 0 Å². The van der Waals surface area contributed by atoms with Gasteiger partial charge in [-0.1, -0.05) is 115 Å². The first kappa shape index (κ1) is 20.5. The average Bonchev–Trinajstić information content (AvgIpc) is 2.85. The number of benzene rings is 5. The minimum atomic E-state index is -3.15. The topological polar surface area (TPSA) is 17.1 Å². The van der Waals surface area contributed by atoms with Crippen LogP contribution >= 0.6 is 7.14 Å².